The number of carbonyl (C=O) groups is 1. The van der Waals surface area contributed by atoms with Crippen LogP contribution in [0.1, 0.15) is 47.1 Å². The van der Waals surface area contributed by atoms with Crippen molar-refractivity contribution in [3.63, 3.8) is 0 Å². The molecule has 1 aromatic heterocycles. The molecule has 11 heteroatoms. The first kappa shape index (κ1) is 37.1. The first-order valence-corrected chi connectivity index (χ1v) is 20.3. The second kappa shape index (κ2) is 14.4. The molecule has 48 heavy (non-hydrogen) atoms. The first-order valence-electron chi connectivity index (χ1n) is 16.0. The molecule has 0 radical (unpaired) electrons. The standard InChI is InChI=1S/C37H48N2O7SSi/c1-26-11-19-32(20-12-26)47(41,42)44-25-31(46-48(9,10)37(5,6)7)24-43-30-18-22-34-28(23-30)15-21-33(38-34)27-13-16-29(17-14-27)39(8)35(40)45-36(2,3)4/h11-23,31H,24-25H2,1-10H3/t31-/m0/s1. The number of amides is 1. The van der Waals surface area contributed by atoms with Crippen molar-refractivity contribution in [1.29, 1.82) is 0 Å². The van der Waals surface area contributed by atoms with Crippen molar-refractivity contribution in [2.75, 3.05) is 25.2 Å². The van der Waals surface area contributed by atoms with E-state index in [2.05, 4.69) is 33.9 Å². The van der Waals surface area contributed by atoms with Crippen LogP contribution in [0.4, 0.5) is 10.5 Å². The maximum absolute atomic E-state index is 12.9. The highest BCUT2D eigenvalue weighted by Gasteiger charge is 2.39. The fourth-order valence-corrected chi connectivity index (χ4v) is 6.74. The number of rotatable bonds is 11. The number of benzene rings is 3. The van der Waals surface area contributed by atoms with Crippen LogP contribution in [-0.4, -0.2) is 59.8 Å². The fraction of sp³-hybridized carbons (Fsp3) is 0.405. The van der Waals surface area contributed by atoms with Crippen molar-refractivity contribution in [2.24, 2.45) is 0 Å². The number of aryl methyl sites for hydroxylation is 1. The lowest BCUT2D eigenvalue weighted by atomic mass is 10.1. The van der Waals surface area contributed by atoms with Gasteiger partial charge in [-0.1, -0.05) is 56.7 Å². The maximum Gasteiger partial charge on any atom is 0.414 e. The molecular formula is C37H48N2O7SSi. The average Bonchev–Trinajstić information content (AvgIpc) is 3.00. The molecule has 0 saturated carbocycles. The number of carbonyl (C=O) groups excluding carboxylic acids is 1. The molecule has 4 rings (SSSR count). The Balaban J connectivity index is 1.47. The van der Waals surface area contributed by atoms with Gasteiger partial charge in [0.2, 0.25) is 0 Å². The van der Waals surface area contributed by atoms with Crippen molar-refractivity contribution in [3.8, 4) is 17.0 Å². The van der Waals surface area contributed by atoms with Crippen LogP contribution in [-0.2, 0) is 23.5 Å². The monoisotopic (exact) mass is 692 g/mol. The Morgan fingerprint density at radius 3 is 2.12 bits per heavy atom. The largest absolute Gasteiger partial charge is 0.491 e. The van der Waals surface area contributed by atoms with E-state index in [4.69, 9.17) is 23.1 Å². The molecule has 1 amide bonds. The SMILES string of the molecule is Cc1ccc(S(=O)(=O)OC[C@H](COc2ccc3nc(-c4ccc(N(C)C(=O)OC(C)(C)C)cc4)ccc3c2)O[Si](C)(C)C(C)(C)C)cc1. The maximum atomic E-state index is 12.9. The van der Waals surface area contributed by atoms with Crippen LogP contribution >= 0.6 is 0 Å². The fourth-order valence-electron chi connectivity index (χ4n) is 4.48. The Hall–Kier alpha value is -3.77. The average molecular weight is 693 g/mol. The number of anilines is 1. The van der Waals surface area contributed by atoms with Crippen LogP contribution in [0.25, 0.3) is 22.2 Å². The quantitative estimate of drug-likeness (QED) is 0.114. The first-order chi connectivity index (χ1) is 22.2. The zero-order chi connectivity index (χ0) is 35.5. The molecular weight excluding hydrogens is 645 g/mol. The molecule has 0 fully saturated rings. The van der Waals surface area contributed by atoms with Gasteiger partial charge in [-0.05, 0) is 94.4 Å². The zero-order valence-corrected chi connectivity index (χ0v) is 31.5. The third-order valence-corrected chi connectivity index (χ3v) is 14.1. The normalized spacial score (nSPS) is 13.3. The molecule has 1 atom stereocenters. The molecule has 9 nitrogen and oxygen atoms in total. The van der Waals surface area contributed by atoms with Crippen LogP contribution in [0, 0.1) is 6.92 Å². The zero-order valence-electron chi connectivity index (χ0n) is 29.7. The number of nitrogens with zero attached hydrogens (tertiary/aromatic N) is 2. The molecule has 0 saturated heterocycles. The van der Waals surface area contributed by atoms with Gasteiger partial charge in [0.1, 0.15) is 24.1 Å². The van der Waals surface area contributed by atoms with Gasteiger partial charge in [0.15, 0.2) is 8.32 Å². The molecule has 0 aliphatic carbocycles. The Kier molecular flexibility index (Phi) is 11.1. The molecule has 0 aliphatic heterocycles. The van der Waals surface area contributed by atoms with Crippen molar-refractivity contribution in [2.45, 2.75) is 83.2 Å². The lowest BCUT2D eigenvalue weighted by molar-refractivity contribution is 0.0589. The molecule has 258 valence electrons. The number of pyridine rings is 1. The van der Waals surface area contributed by atoms with E-state index in [0.29, 0.717) is 11.4 Å². The summed E-state index contributed by atoms with van der Waals surface area (Å²) in [4.78, 5) is 18.9. The highest BCUT2D eigenvalue weighted by molar-refractivity contribution is 7.86. The summed E-state index contributed by atoms with van der Waals surface area (Å²) in [5.74, 6) is 0.608. The van der Waals surface area contributed by atoms with E-state index in [0.717, 1.165) is 27.7 Å². The number of hydrogen-bond donors (Lipinski definition) is 0. The van der Waals surface area contributed by atoms with Crippen LogP contribution < -0.4 is 9.64 Å². The molecule has 4 aromatic rings. The second-order valence-electron chi connectivity index (χ2n) is 14.5. The minimum atomic E-state index is -3.97. The number of ether oxygens (including phenoxy) is 2. The van der Waals surface area contributed by atoms with Crippen LogP contribution in [0.3, 0.4) is 0 Å². The molecule has 0 unspecified atom stereocenters. The number of aromatic nitrogens is 1. The van der Waals surface area contributed by atoms with E-state index in [9.17, 15) is 13.2 Å². The van der Waals surface area contributed by atoms with Crippen molar-refractivity contribution < 1.29 is 31.3 Å². The summed E-state index contributed by atoms with van der Waals surface area (Å²) in [6, 6.07) is 23.7. The smallest absolute Gasteiger partial charge is 0.414 e. The van der Waals surface area contributed by atoms with E-state index in [-0.39, 0.29) is 23.1 Å². The summed E-state index contributed by atoms with van der Waals surface area (Å²) >= 11 is 0. The molecule has 0 aliphatic rings. The summed E-state index contributed by atoms with van der Waals surface area (Å²) in [5.41, 5.74) is 3.58. The van der Waals surface area contributed by atoms with Crippen LogP contribution in [0.2, 0.25) is 18.1 Å². The van der Waals surface area contributed by atoms with Gasteiger partial charge in [0, 0.05) is 23.7 Å². The molecule has 0 spiro atoms. The van der Waals surface area contributed by atoms with E-state index in [1.165, 1.54) is 4.90 Å². The van der Waals surface area contributed by atoms with Gasteiger partial charge in [0.05, 0.1) is 22.7 Å². The molecule has 0 N–H and O–H groups in total. The number of fused-ring (bicyclic) bond motifs is 1. The Labute approximate surface area is 286 Å². The Bertz CT molecular complexity index is 1830. The predicted octanol–water partition coefficient (Wildman–Crippen LogP) is 8.76. The summed E-state index contributed by atoms with van der Waals surface area (Å²) in [5, 5.41) is 0.791. The molecule has 1 heterocycles. The third-order valence-electron chi connectivity index (χ3n) is 8.30. The van der Waals surface area contributed by atoms with Gasteiger partial charge in [-0.3, -0.25) is 9.08 Å². The molecule has 0 bridgehead atoms. The lowest BCUT2D eigenvalue weighted by Gasteiger charge is -2.39. The number of hydrogen-bond acceptors (Lipinski definition) is 8. The summed E-state index contributed by atoms with van der Waals surface area (Å²) < 4.78 is 49.6. The lowest BCUT2D eigenvalue weighted by Crippen LogP contribution is -2.46. The van der Waals surface area contributed by atoms with E-state index in [1.807, 2.05) is 82.3 Å². The second-order valence-corrected chi connectivity index (χ2v) is 20.9. The van der Waals surface area contributed by atoms with Gasteiger partial charge < -0.3 is 13.9 Å². The van der Waals surface area contributed by atoms with Crippen molar-refractivity contribution >= 4 is 41.1 Å². The third kappa shape index (κ3) is 9.65. The van der Waals surface area contributed by atoms with Gasteiger partial charge in [-0.2, -0.15) is 8.42 Å². The van der Waals surface area contributed by atoms with E-state index in [1.54, 1.807) is 31.3 Å². The van der Waals surface area contributed by atoms with Crippen molar-refractivity contribution in [1.82, 2.24) is 4.98 Å². The van der Waals surface area contributed by atoms with Crippen LogP contribution in [0.5, 0.6) is 5.75 Å². The van der Waals surface area contributed by atoms with Crippen LogP contribution in [0.15, 0.2) is 83.8 Å². The van der Waals surface area contributed by atoms with E-state index >= 15 is 0 Å². The Morgan fingerprint density at radius 2 is 1.52 bits per heavy atom. The van der Waals surface area contributed by atoms with Gasteiger partial charge >= 0.3 is 6.09 Å². The summed E-state index contributed by atoms with van der Waals surface area (Å²) in [6.07, 6.45) is -1.03. The van der Waals surface area contributed by atoms with Gasteiger partial charge in [-0.25, -0.2) is 9.78 Å². The van der Waals surface area contributed by atoms with Crippen molar-refractivity contribution in [3.05, 3.63) is 84.4 Å². The molecule has 3 aromatic carbocycles. The van der Waals surface area contributed by atoms with E-state index < -0.39 is 36.2 Å². The summed E-state index contributed by atoms with van der Waals surface area (Å²) in [7, 11) is -4.58. The summed E-state index contributed by atoms with van der Waals surface area (Å²) in [6.45, 7) is 17.9. The highest BCUT2D eigenvalue weighted by Crippen LogP contribution is 2.37. The Morgan fingerprint density at radius 1 is 0.875 bits per heavy atom. The minimum Gasteiger partial charge on any atom is -0.491 e. The predicted molar refractivity (Wildman–Crippen MR) is 194 cm³/mol. The van der Waals surface area contributed by atoms with Gasteiger partial charge in [-0.15, -0.1) is 0 Å². The van der Waals surface area contributed by atoms with Gasteiger partial charge in [0.25, 0.3) is 10.1 Å². The topological polar surface area (TPSA) is 104 Å². The minimum absolute atomic E-state index is 0.0955. The highest BCUT2D eigenvalue weighted by atomic mass is 32.2.